The fourth-order valence-electron chi connectivity index (χ4n) is 2.48. The first-order valence-electron chi connectivity index (χ1n) is 6.91. The number of alkyl halides is 3. The molecule has 1 saturated heterocycles. The summed E-state index contributed by atoms with van der Waals surface area (Å²) in [5.74, 6) is 0.606. The lowest BCUT2D eigenvalue weighted by molar-refractivity contribution is -0.138. The molecule has 0 amide bonds. The molecule has 2 heterocycles. The Labute approximate surface area is 119 Å². The molecule has 0 radical (unpaired) electrons. The maximum Gasteiger partial charge on any atom is 0.445 e. The topological polar surface area (TPSA) is 41.1 Å². The van der Waals surface area contributed by atoms with E-state index < -0.39 is 11.2 Å². The third-order valence-corrected chi connectivity index (χ3v) is 4.73. The lowest BCUT2D eigenvalue weighted by atomic mass is 10.2. The van der Waals surface area contributed by atoms with Crippen LogP contribution in [0, 0.1) is 5.92 Å². The van der Waals surface area contributed by atoms with Crippen molar-refractivity contribution in [2.24, 2.45) is 5.92 Å². The van der Waals surface area contributed by atoms with Crippen molar-refractivity contribution < 1.29 is 13.2 Å². The summed E-state index contributed by atoms with van der Waals surface area (Å²) < 4.78 is 37.9. The molecule has 1 atom stereocenters. The van der Waals surface area contributed by atoms with Gasteiger partial charge < -0.3 is 10.2 Å². The highest BCUT2D eigenvalue weighted by Gasteiger charge is 2.37. The summed E-state index contributed by atoms with van der Waals surface area (Å²) >= 11 is 0.652. The molecule has 1 aromatic rings. The van der Waals surface area contributed by atoms with E-state index in [1.165, 1.54) is 12.8 Å². The van der Waals surface area contributed by atoms with Crippen LogP contribution < -0.4 is 10.2 Å². The first-order valence-corrected chi connectivity index (χ1v) is 7.73. The molecule has 1 unspecified atom stereocenters. The van der Waals surface area contributed by atoms with E-state index in [9.17, 15) is 13.2 Å². The largest absolute Gasteiger partial charge is 0.445 e. The van der Waals surface area contributed by atoms with Crippen LogP contribution in [0.15, 0.2) is 0 Å². The molecule has 0 aromatic carbocycles. The molecule has 1 N–H and O–H groups in total. The van der Waals surface area contributed by atoms with E-state index in [4.69, 9.17) is 0 Å². The lowest BCUT2D eigenvalue weighted by Crippen LogP contribution is -2.38. The average Bonchev–Trinajstić information content (AvgIpc) is 2.89. The molecule has 4 nitrogen and oxygen atoms in total. The molecule has 2 aliphatic rings. The van der Waals surface area contributed by atoms with Gasteiger partial charge in [-0.15, -0.1) is 10.2 Å². The van der Waals surface area contributed by atoms with Crippen LogP contribution in [0.5, 0.6) is 0 Å². The predicted octanol–water partition coefficient (Wildman–Crippen LogP) is 2.53. The molecule has 0 bridgehead atoms. The number of hydrogen-bond donors (Lipinski definition) is 1. The molecule has 112 valence electrons. The van der Waals surface area contributed by atoms with Crippen LogP contribution in [-0.2, 0) is 6.18 Å². The molecule has 1 aromatic heterocycles. The summed E-state index contributed by atoms with van der Waals surface area (Å²) in [7, 11) is 0. The number of anilines is 1. The van der Waals surface area contributed by atoms with Crippen molar-refractivity contribution in [1.82, 2.24) is 15.5 Å². The van der Waals surface area contributed by atoms with Crippen LogP contribution in [0.3, 0.4) is 0 Å². The Hall–Kier alpha value is -0.890. The summed E-state index contributed by atoms with van der Waals surface area (Å²) in [5.41, 5.74) is 0. The van der Waals surface area contributed by atoms with Gasteiger partial charge in [-0.25, -0.2) is 0 Å². The van der Waals surface area contributed by atoms with E-state index in [0.29, 0.717) is 28.4 Å². The van der Waals surface area contributed by atoms with E-state index in [2.05, 4.69) is 15.5 Å². The van der Waals surface area contributed by atoms with Gasteiger partial charge in [0.15, 0.2) is 0 Å². The zero-order valence-corrected chi connectivity index (χ0v) is 11.8. The van der Waals surface area contributed by atoms with Crippen LogP contribution >= 0.6 is 11.3 Å². The summed E-state index contributed by atoms with van der Waals surface area (Å²) in [4.78, 5) is 1.98. The molecule has 1 aliphatic heterocycles. The average molecular weight is 306 g/mol. The van der Waals surface area contributed by atoms with Crippen molar-refractivity contribution in [3.05, 3.63) is 5.01 Å². The van der Waals surface area contributed by atoms with E-state index >= 15 is 0 Å². The fraction of sp³-hybridized carbons (Fsp3) is 0.833. The van der Waals surface area contributed by atoms with E-state index in [1.807, 2.05) is 4.90 Å². The standard InChI is InChI=1S/C12H17F3N4S/c13-12(14,15)10-17-18-11(20-10)19(6-8-3-4-8)7-9-2-1-5-16-9/h8-9,16H,1-7H2. The SMILES string of the molecule is FC(F)(F)c1nnc(N(CC2CC2)CC2CCCN2)s1. The van der Waals surface area contributed by atoms with Crippen molar-refractivity contribution in [2.45, 2.75) is 37.9 Å². The second kappa shape index (κ2) is 5.48. The quantitative estimate of drug-likeness (QED) is 0.907. The number of halogens is 3. The van der Waals surface area contributed by atoms with Gasteiger partial charge in [-0.3, -0.25) is 0 Å². The van der Waals surface area contributed by atoms with Gasteiger partial charge >= 0.3 is 6.18 Å². The summed E-state index contributed by atoms with van der Waals surface area (Å²) in [6, 6.07) is 0.354. The van der Waals surface area contributed by atoms with Crippen LogP contribution in [0.2, 0.25) is 0 Å². The van der Waals surface area contributed by atoms with Crippen LogP contribution in [0.4, 0.5) is 18.3 Å². The lowest BCUT2D eigenvalue weighted by Gasteiger charge is -2.24. The molecule has 1 aliphatic carbocycles. The van der Waals surface area contributed by atoms with Gasteiger partial charge in [0.1, 0.15) is 0 Å². The maximum atomic E-state index is 12.6. The molecular formula is C12H17F3N4S. The van der Waals surface area contributed by atoms with Gasteiger partial charge in [0.25, 0.3) is 0 Å². The monoisotopic (exact) mass is 306 g/mol. The smallest absolute Gasteiger partial charge is 0.345 e. The Morgan fingerprint density at radius 1 is 1.20 bits per heavy atom. The number of rotatable bonds is 5. The zero-order chi connectivity index (χ0) is 14.2. The van der Waals surface area contributed by atoms with E-state index in [1.54, 1.807) is 0 Å². The Balaban J connectivity index is 1.71. The minimum atomic E-state index is -4.40. The first-order chi connectivity index (χ1) is 9.52. The van der Waals surface area contributed by atoms with Gasteiger partial charge in [-0.1, -0.05) is 11.3 Å². The third kappa shape index (κ3) is 3.41. The van der Waals surface area contributed by atoms with Crippen LogP contribution in [0.1, 0.15) is 30.7 Å². The van der Waals surface area contributed by atoms with E-state index in [0.717, 1.165) is 32.5 Å². The number of nitrogens with zero attached hydrogens (tertiary/aromatic N) is 3. The highest BCUT2D eigenvalue weighted by Crippen LogP contribution is 2.36. The summed E-state index contributed by atoms with van der Waals surface area (Å²) in [6.07, 6.45) is 0.143. The minimum Gasteiger partial charge on any atom is -0.345 e. The predicted molar refractivity (Wildman–Crippen MR) is 70.9 cm³/mol. The van der Waals surface area contributed by atoms with Crippen molar-refractivity contribution >= 4 is 16.5 Å². The van der Waals surface area contributed by atoms with Gasteiger partial charge in [0.05, 0.1) is 0 Å². The van der Waals surface area contributed by atoms with Gasteiger partial charge in [-0.05, 0) is 38.1 Å². The Kier molecular flexibility index (Phi) is 3.85. The molecule has 8 heteroatoms. The molecule has 20 heavy (non-hydrogen) atoms. The van der Waals surface area contributed by atoms with Crippen molar-refractivity contribution in [3.8, 4) is 0 Å². The molecule has 0 spiro atoms. The zero-order valence-electron chi connectivity index (χ0n) is 11.0. The van der Waals surface area contributed by atoms with Crippen molar-refractivity contribution in [3.63, 3.8) is 0 Å². The highest BCUT2D eigenvalue weighted by molar-refractivity contribution is 7.15. The van der Waals surface area contributed by atoms with Gasteiger partial charge in [-0.2, -0.15) is 13.2 Å². The molecule has 2 fully saturated rings. The number of nitrogens with one attached hydrogen (secondary N) is 1. The highest BCUT2D eigenvalue weighted by atomic mass is 32.1. The Morgan fingerprint density at radius 2 is 2.00 bits per heavy atom. The molecule has 1 saturated carbocycles. The third-order valence-electron chi connectivity index (χ3n) is 3.71. The van der Waals surface area contributed by atoms with Gasteiger partial charge in [0.2, 0.25) is 10.1 Å². The second-order valence-corrected chi connectivity index (χ2v) is 6.49. The second-order valence-electron chi connectivity index (χ2n) is 5.53. The fourth-order valence-corrected chi connectivity index (χ4v) is 3.21. The normalized spacial score (nSPS) is 23.2. The summed E-state index contributed by atoms with van der Waals surface area (Å²) in [6.45, 7) is 2.51. The number of aromatic nitrogens is 2. The summed E-state index contributed by atoms with van der Waals surface area (Å²) in [5, 5.41) is 9.97. The van der Waals surface area contributed by atoms with Crippen molar-refractivity contribution in [1.29, 1.82) is 0 Å². The Bertz CT molecular complexity index is 452. The van der Waals surface area contributed by atoms with E-state index in [-0.39, 0.29) is 0 Å². The maximum absolute atomic E-state index is 12.6. The minimum absolute atomic E-state index is 0.354. The number of hydrogen-bond acceptors (Lipinski definition) is 5. The first kappa shape index (κ1) is 14.1. The molecular weight excluding hydrogens is 289 g/mol. The van der Waals surface area contributed by atoms with Gasteiger partial charge in [0, 0.05) is 19.1 Å². The van der Waals surface area contributed by atoms with Crippen LogP contribution in [0.25, 0.3) is 0 Å². The molecule has 3 rings (SSSR count). The van der Waals surface area contributed by atoms with Crippen molar-refractivity contribution in [2.75, 3.05) is 24.5 Å². The Morgan fingerprint density at radius 3 is 2.55 bits per heavy atom. The van der Waals surface area contributed by atoms with Crippen LogP contribution in [-0.4, -0.2) is 35.9 Å².